The number of carbonyl (C=O) groups is 1. The number of hydrogen-bond donors (Lipinski definition) is 4. The van der Waals surface area contributed by atoms with E-state index in [9.17, 15) is 4.79 Å². The van der Waals surface area contributed by atoms with Crippen LogP contribution in [0.4, 0.5) is 17.6 Å². The summed E-state index contributed by atoms with van der Waals surface area (Å²) in [6, 6.07) is 5.84. The standard InChI is InChI=1S/C22H30N10O/c23-20(33)17-2-1-9-31(17)22-26-21(25-19-12-16(27-28-19)14-3-4-14)18-6-5-15(32(18)29-22)13-30-10-7-24-8-11-30/h5-6,12,14,17,24H,1-4,7-11,13H2,(H2,23,33)(H2,25,26,27,28,29)/t17-/m0/s1. The summed E-state index contributed by atoms with van der Waals surface area (Å²) in [7, 11) is 0. The molecule has 2 saturated heterocycles. The number of aromatic amines is 1. The Morgan fingerprint density at radius 3 is 2.82 bits per heavy atom. The number of nitrogens with zero attached hydrogens (tertiary/aromatic N) is 6. The van der Waals surface area contributed by atoms with E-state index in [1.54, 1.807) is 0 Å². The lowest BCUT2D eigenvalue weighted by molar-refractivity contribution is -0.119. The van der Waals surface area contributed by atoms with Crippen molar-refractivity contribution in [3.8, 4) is 0 Å². The van der Waals surface area contributed by atoms with Gasteiger partial charge in [-0.15, -0.1) is 5.10 Å². The van der Waals surface area contributed by atoms with E-state index in [1.807, 2.05) is 15.5 Å². The molecule has 1 aliphatic carbocycles. The van der Waals surface area contributed by atoms with Crippen LogP contribution in [0, 0.1) is 0 Å². The Bertz CT molecular complexity index is 1160. The molecule has 1 saturated carbocycles. The van der Waals surface area contributed by atoms with Crippen molar-refractivity contribution in [3.63, 3.8) is 0 Å². The number of piperazine rings is 1. The first-order valence-electron chi connectivity index (χ1n) is 11.9. The molecule has 0 bridgehead atoms. The number of aromatic nitrogens is 5. The van der Waals surface area contributed by atoms with Crippen molar-refractivity contribution in [3.05, 3.63) is 29.6 Å². The Kier molecular flexibility index (Phi) is 5.14. The predicted molar refractivity (Wildman–Crippen MR) is 125 cm³/mol. The monoisotopic (exact) mass is 450 g/mol. The van der Waals surface area contributed by atoms with E-state index < -0.39 is 0 Å². The molecule has 3 aromatic rings. The van der Waals surface area contributed by atoms with Crippen LogP contribution in [-0.2, 0) is 11.3 Å². The summed E-state index contributed by atoms with van der Waals surface area (Å²) in [5.74, 6) is 2.19. The van der Waals surface area contributed by atoms with Crippen LogP contribution in [0.25, 0.3) is 5.52 Å². The van der Waals surface area contributed by atoms with Gasteiger partial charge < -0.3 is 21.3 Å². The van der Waals surface area contributed by atoms with Crippen molar-refractivity contribution in [2.24, 2.45) is 5.73 Å². The molecule has 11 heteroatoms. The van der Waals surface area contributed by atoms with Crippen LogP contribution < -0.4 is 21.3 Å². The third-order valence-corrected chi connectivity index (χ3v) is 6.87. The topological polar surface area (TPSA) is 132 Å². The number of H-pyrrole nitrogens is 1. The first-order chi connectivity index (χ1) is 16.2. The number of carbonyl (C=O) groups excluding carboxylic acids is 1. The molecular weight excluding hydrogens is 420 g/mol. The van der Waals surface area contributed by atoms with Crippen LogP contribution in [-0.4, -0.2) is 74.4 Å². The van der Waals surface area contributed by atoms with E-state index in [1.165, 1.54) is 12.8 Å². The van der Waals surface area contributed by atoms with Gasteiger partial charge in [-0.25, -0.2) is 4.52 Å². The molecule has 0 unspecified atom stereocenters. The summed E-state index contributed by atoms with van der Waals surface area (Å²) in [6.07, 6.45) is 4.03. The van der Waals surface area contributed by atoms with Crippen molar-refractivity contribution in [1.29, 1.82) is 0 Å². The zero-order chi connectivity index (χ0) is 22.4. The van der Waals surface area contributed by atoms with E-state index in [0.717, 1.165) is 68.3 Å². The largest absolute Gasteiger partial charge is 0.368 e. The third kappa shape index (κ3) is 4.02. The number of nitrogens with two attached hydrogens (primary N) is 1. The van der Waals surface area contributed by atoms with Crippen molar-refractivity contribution in [2.75, 3.05) is 42.9 Å². The highest BCUT2D eigenvalue weighted by atomic mass is 16.1. The maximum Gasteiger partial charge on any atom is 0.246 e. The molecule has 1 atom stereocenters. The third-order valence-electron chi connectivity index (χ3n) is 6.87. The van der Waals surface area contributed by atoms with Gasteiger partial charge in [0.1, 0.15) is 11.6 Å². The van der Waals surface area contributed by atoms with Crippen LogP contribution >= 0.6 is 0 Å². The zero-order valence-electron chi connectivity index (χ0n) is 18.6. The summed E-state index contributed by atoms with van der Waals surface area (Å²) in [6.45, 7) is 5.51. The normalized spacial score (nSPS) is 21.7. The fourth-order valence-corrected chi connectivity index (χ4v) is 4.90. The number of hydrogen-bond acceptors (Lipinski definition) is 8. The summed E-state index contributed by atoms with van der Waals surface area (Å²) in [5.41, 5.74) is 8.82. The quantitative estimate of drug-likeness (QED) is 0.418. The highest BCUT2D eigenvalue weighted by Crippen LogP contribution is 2.40. The molecule has 3 aliphatic rings. The Labute approximate surface area is 191 Å². The summed E-state index contributed by atoms with van der Waals surface area (Å²) in [5, 5.41) is 19.2. The van der Waals surface area contributed by atoms with E-state index in [4.69, 9.17) is 15.8 Å². The predicted octanol–water partition coefficient (Wildman–Crippen LogP) is 0.933. The fraction of sp³-hybridized carbons (Fsp3) is 0.545. The van der Waals surface area contributed by atoms with E-state index in [-0.39, 0.29) is 11.9 Å². The van der Waals surface area contributed by atoms with Gasteiger partial charge in [0.2, 0.25) is 11.9 Å². The van der Waals surface area contributed by atoms with Crippen LogP contribution in [0.1, 0.15) is 43.0 Å². The molecule has 5 heterocycles. The number of primary amides is 1. The van der Waals surface area contributed by atoms with Crippen LogP contribution in [0.2, 0.25) is 0 Å². The van der Waals surface area contributed by atoms with Crippen LogP contribution in [0.3, 0.4) is 0 Å². The Morgan fingerprint density at radius 2 is 2.03 bits per heavy atom. The molecule has 3 fully saturated rings. The zero-order valence-corrected chi connectivity index (χ0v) is 18.6. The molecule has 1 amide bonds. The van der Waals surface area contributed by atoms with Crippen molar-refractivity contribution in [2.45, 2.75) is 44.2 Å². The molecule has 2 aliphatic heterocycles. The molecular formula is C22H30N10O. The average Bonchev–Trinajstić information content (AvgIpc) is 3.21. The van der Waals surface area contributed by atoms with Gasteiger partial charge in [0.05, 0.1) is 5.69 Å². The molecule has 33 heavy (non-hydrogen) atoms. The van der Waals surface area contributed by atoms with Crippen molar-refractivity contribution < 1.29 is 4.79 Å². The van der Waals surface area contributed by atoms with Gasteiger partial charge in [-0.05, 0) is 37.8 Å². The molecule has 11 nitrogen and oxygen atoms in total. The number of amides is 1. The highest BCUT2D eigenvalue weighted by Gasteiger charge is 2.32. The van der Waals surface area contributed by atoms with Crippen LogP contribution in [0.15, 0.2) is 18.2 Å². The molecule has 6 rings (SSSR count). The van der Waals surface area contributed by atoms with E-state index >= 15 is 0 Å². The lowest BCUT2D eigenvalue weighted by Gasteiger charge is -2.27. The van der Waals surface area contributed by atoms with Crippen molar-refractivity contribution in [1.82, 2.24) is 35.0 Å². The van der Waals surface area contributed by atoms with Gasteiger partial charge >= 0.3 is 0 Å². The second-order valence-electron chi connectivity index (χ2n) is 9.27. The Morgan fingerprint density at radius 1 is 1.18 bits per heavy atom. The lowest BCUT2D eigenvalue weighted by Crippen LogP contribution is -2.43. The van der Waals surface area contributed by atoms with Gasteiger partial charge in [-0.1, -0.05) is 0 Å². The van der Waals surface area contributed by atoms with Gasteiger partial charge in [0, 0.05) is 56.9 Å². The molecule has 174 valence electrons. The smallest absolute Gasteiger partial charge is 0.246 e. The minimum Gasteiger partial charge on any atom is -0.368 e. The molecule has 0 radical (unpaired) electrons. The second kappa shape index (κ2) is 8.31. The second-order valence-corrected chi connectivity index (χ2v) is 9.27. The first-order valence-corrected chi connectivity index (χ1v) is 11.9. The van der Waals surface area contributed by atoms with Crippen LogP contribution in [0.5, 0.6) is 0 Å². The number of fused-ring (bicyclic) bond motifs is 1. The van der Waals surface area contributed by atoms with E-state index in [2.05, 4.69) is 37.9 Å². The minimum atomic E-state index is -0.380. The Hall–Kier alpha value is -3.18. The Balaban J connectivity index is 1.38. The summed E-state index contributed by atoms with van der Waals surface area (Å²) >= 11 is 0. The molecule has 3 aromatic heterocycles. The minimum absolute atomic E-state index is 0.333. The van der Waals surface area contributed by atoms with Gasteiger partial charge in [0.15, 0.2) is 11.6 Å². The van der Waals surface area contributed by atoms with Gasteiger partial charge in [0.25, 0.3) is 0 Å². The SMILES string of the molecule is NC(=O)[C@@H]1CCCN1c1nc(Nc2cc(C3CC3)[nH]n2)c2ccc(CN3CCNCC3)n2n1. The number of rotatable bonds is 7. The summed E-state index contributed by atoms with van der Waals surface area (Å²) in [4.78, 5) is 21.2. The molecule has 5 N–H and O–H groups in total. The maximum atomic E-state index is 12.1. The lowest BCUT2D eigenvalue weighted by atomic mass is 10.2. The fourth-order valence-electron chi connectivity index (χ4n) is 4.90. The maximum absolute atomic E-state index is 12.1. The highest BCUT2D eigenvalue weighted by molar-refractivity contribution is 5.84. The first kappa shape index (κ1) is 20.4. The number of anilines is 3. The van der Waals surface area contributed by atoms with Gasteiger partial charge in [-0.3, -0.25) is 14.8 Å². The van der Waals surface area contributed by atoms with E-state index in [0.29, 0.717) is 24.2 Å². The summed E-state index contributed by atoms with van der Waals surface area (Å²) < 4.78 is 1.96. The molecule has 0 spiro atoms. The van der Waals surface area contributed by atoms with Crippen molar-refractivity contribution >= 4 is 29.0 Å². The van der Waals surface area contributed by atoms with Gasteiger partial charge in [-0.2, -0.15) is 10.1 Å². The number of nitrogens with one attached hydrogen (secondary N) is 3. The molecule has 0 aromatic carbocycles. The average molecular weight is 451 g/mol.